The third-order valence-corrected chi connectivity index (χ3v) is 8.19. The number of carbonyl (C=O) groups excluding carboxylic acids is 2. The van der Waals surface area contributed by atoms with E-state index in [1.807, 2.05) is 13.8 Å². The van der Waals surface area contributed by atoms with Crippen molar-refractivity contribution in [3.05, 3.63) is 35.8 Å². The second kappa shape index (κ2) is 12.5. The number of hydrogen-bond donors (Lipinski definition) is 6. The maximum Gasteiger partial charge on any atom is 0.245 e. The number of rotatable bonds is 9. The van der Waals surface area contributed by atoms with Gasteiger partial charge in [0.1, 0.15) is 36.3 Å². The van der Waals surface area contributed by atoms with Crippen molar-refractivity contribution in [3.63, 3.8) is 0 Å². The summed E-state index contributed by atoms with van der Waals surface area (Å²) in [7, 11) is 1.68. The van der Waals surface area contributed by atoms with Crippen LogP contribution in [0, 0.1) is 11.7 Å². The number of halogens is 1. The number of benzene rings is 1. The van der Waals surface area contributed by atoms with E-state index < -0.39 is 55.2 Å². The fraction of sp³-hybridized carbons (Fsp3) is 0.643. The number of amides is 2. The summed E-state index contributed by atoms with van der Waals surface area (Å²) in [6.45, 7) is 5.47. The molecular formula is C28H41FN4O7. The Morgan fingerprint density at radius 1 is 1.15 bits per heavy atom. The number of ether oxygens (including phenoxy) is 1. The van der Waals surface area contributed by atoms with Crippen LogP contribution in [-0.2, 0) is 20.7 Å². The zero-order valence-electron chi connectivity index (χ0n) is 23.3. The predicted molar refractivity (Wildman–Crippen MR) is 145 cm³/mol. The Morgan fingerprint density at radius 2 is 1.88 bits per heavy atom. The van der Waals surface area contributed by atoms with E-state index >= 15 is 0 Å². The first-order valence-corrected chi connectivity index (χ1v) is 13.9. The maximum atomic E-state index is 14.4. The van der Waals surface area contributed by atoms with Crippen LogP contribution in [0.1, 0.15) is 45.4 Å². The average Bonchev–Trinajstić information content (AvgIpc) is 3.54. The Morgan fingerprint density at radius 3 is 2.52 bits per heavy atom. The number of likely N-dealkylation sites (N-methyl/N-ethyl adjacent to an activating group) is 1. The molecule has 0 spiro atoms. The van der Waals surface area contributed by atoms with Gasteiger partial charge in [0.25, 0.3) is 0 Å². The number of nitrogens with one attached hydrogen (secondary N) is 2. The smallest absolute Gasteiger partial charge is 0.245 e. The highest BCUT2D eigenvalue weighted by Crippen LogP contribution is 2.35. The molecule has 2 saturated heterocycles. The Balaban J connectivity index is 1.63. The second-order valence-corrected chi connectivity index (χ2v) is 11.2. The van der Waals surface area contributed by atoms with Crippen molar-refractivity contribution in [2.75, 3.05) is 20.2 Å². The molecule has 11 nitrogen and oxygen atoms in total. The molecule has 8 atom stereocenters. The zero-order chi connectivity index (χ0) is 29.3. The zero-order valence-corrected chi connectivity index (χ0v) is 23.3. The van der Waals surface area contributed by atoms with Gasteiger partial charge in [-0.2, -0.15) is 0 Å². The molecule has 2 amide bonds. The summed E-state index contributed by atoms with van der Waals surface area (Å²) < 4.78 is 21.6. The summed E-state index contributed by atoms with van der Waals surface area (Å²) in [5, 5.41) is 47.4. The van der Waals surface area contributed by atoms with Crippen molar-refractivity contribution in [1.29, 1.82) is 0 Å². The lowest BCUT2D eigenvalue weighted by molar-refractivity contribution is -0.250. The third-order valence-electron chi connectivity index (χ3n) is 8.19. The lowest BCUT2D eigenvalue weighted by Gasteiger charge is -2.40. The molecule has 0 radical (unpaired) electrons. The van der Waals surface area contributed by atoms with Crippen LogP contribution in [0.15, 0.2) is 24.4 Å². The van der Waals surface area contributed by atoms with E-state index in [1.54, 1.807) is 31.1 Å². The molecule has 40 heavy (non-hydrogen) atoms. The van der Waals surface area contributed by atoms with Crippen LogP contribution in [0.4, 0.5) is 4.39 Å². The van der Waals surface area contributed by atoms with Crippen molar-refractivity contribution in [2.45, 2.75) is 88.8 Å². The fourth-order valence-electron chi connectivity index (χ4n) is 5.68. The highest BCUT2D eigenvalue weighted by atomic mass is 19.1. The summed E-state index contributed by atoms with van der Waals surface area (Å²) in [6, 6.07) is 2.94. The molecule has 2 fully saturated rings. The van der Waals surface area contributed by atoms with Gasteiger partial charge in [0, 0.05) is 24.2 Å². The van der Waals surface area contributed by atoms with Crippen molar-refractivity contribution >= 4 is 22.7 Å². The maximum absolute atomic E-state index is 14.4. The molecule has 1 aromatic carbocycles. The summed E-state index contributed by atoms with van der Waals surface area (Å²) in [5.74, 6) is -1.04. The lowest BCUT2D eigenvalue weighted by Crippen LogP contribution is -2.56. The number of carbonyl (C=O) groups is 2. The molecule has 2 aliphatic heterocycles. The Kier molecular flexibility index (Phi) is 9.48. The van der Waals surface area contributed by atoms with Gasteiger partial charge >= 0.3 is 0 Å². The van der Waals surface area contributed by atoms with Crippen molar-refractivity contribution < 1.29 is 39.1 Å². The second-order valence-electron chi connectivity index (χ2n) is 11.2. The van der Waals surface area contributed by atoms with E-state index in [0.717, 1.165) is 18.4 Å². The highest BCUT2D eigenvalue weighted by molar-refractivity contribution is 5.90. The molecule has 0 aliphatic carbocycles. The van der Waals surface area contributed by atoms with Crippen LogP contribution < -0.4 is 10.6 Å². The molecule has 2 aliphatic rings. The highest BCUT2D eigenvalue weighted by Gasteiger charge is 2.45. The first kappa shape index (κ1) is 30.4. The number of aliphatic hydroxyl groups excluding tert-OH is 4. The minimum Gasteiger partial charge on any atom is -0.394 e. The van der Waals surface area contributed by atoms with Gasteiger partial charge in [0.2, 0.25) is 11.8 Å². The molecule has 3 heterocycles. The van der Waals surface area contributed by atoms with E-state index in [0.29, 0.717) is 23.9 Å². The van der Waals surface area contributed by atoms with Crippen LogP contribution in [0.2, 0.25) is 0 Å². The number of aromatic nitrogens is 1. The van der Waals surface area contributed by atoms with Gasteiger partial charge in [-0.1, -0.05) is 13.8 Å². The molecule has 6 N–H and O–H groups in total. The van der Waals surface area contributed by atoms with Crippen LogP contribution >= 0.6 is 0 Å². The van der Waals surface area contributed by atoms with Gasteiger partial charge in [-0.05, 0) is 62.9 Å². The van der Waals surface area contributed by atoms with Gasteiger partial charge in [-0.25, -0.2) is 4.39 Å². The summed E-state index contributed by atoms with van der Waals surface area (Å²) in [6.07, 6.45) is -3.27. The molecule has 0 bridgehead atoms. The number of nitrogens with zero attached hydrogens (tertiary/aromatic N) is 2. The minimum atomic E-state index is -1.58. The van der Waals surface area contributed by atoms with Crippen LogP contribution in [-0.4, -0.2) is 104 Å². The molecular weight excluding hydrogens is 523 g/mol. The van der Waals surface area contributed by atoms with Crippen LogP contribution in [0.3, 0.4) is 0 Å². The van der Waals surface area contributed by atoms with E-state index in [-0.39, 0.29) is 23.8 Å². The Bertz CT molecular complexity index is 1200. The van der Waals surface area contributed by atoms with Gasteiger partial charge in [0.15, 0.2) is 6.23 Å². The Hall–Kier alpha value is -2.61. The Labute approximate surface area is 232 Å². The molecule has 0 saturated carbocycles. The summed E-state index contributed by atoms with van der Waals surface area (Å²) in [5.41, 5.74) is 1.19. The van der Waals surface area contributed by atoms with E-state index in [2.05, 4.69) is 10.6 Å². The third kappa shape index (κ3) is 5.88. The van der Waals surface area contributed by atoms with Crippen molar-refractivity contribution in [2.24, 2.45) is 5.92 Å². The normalized spacial score (nSPS) is 28.7. The molecule has 12 heteroatoms. The van der Waals surface area contributed by atoms with Crippen molar-refractivity contribution in [1.82, 2.24) is 20.1 Å². The number of aliphatic hydroxyl groups is 4. The quantitative estimate of drug-likeness (QED) is 0.249. The number of fused-ring (bicyclic) bond motifs is 1. The van der Waals surface area contributed by atoms with Gasteiger partial charge in [-0.3, -0.25) is 9.59 Å². The van der Waals surface area contributed by atoms with E-state index in [1.165, 1.54) is 16.7 Å². The van der Waals surface area contributed by atoms with Gasteiger partial charge in [0.05, 0.1) is 18.2 Å². The van der Waals surface area contributed by atoms with E-state index in [9.17, 15) is 34.4 Å². The monoisotopic (exact) mass is 564 g/mol. The predicted octanol–water partition coefficient (Wildman–Crippen LogP) is 0.0350. The number of hydrogen-bond acceptors (Lipinski definition) is 8. The lowest BCUT2D eigenvalue weighted by atomic mass is 9.98. The molecule has 1 aromatic heterocycles. The molecule has 4 rings (SSSR count). The standard InChI is InChI=1S/C28H41FN4O7/c1-14(2)22(31-26(38)15(3)30-4)27(39)32-9-5-6-18(32)10-16-12-33(20-11-17(29)7-8-19(16)20)28-25(37)24(36)23(35)21(13-34)40-28/h7-8,11-12,14-15,18,21-25,28,30,34-37H,5-6,9-10,13H2,1-4H3,(H,31,38)/t15-,18-,21+,22-,23-,24-,25+,28?/m0/s1. The van der Waals surface area contributed by atoms with Crippen molar-refractivity contribution in [3.8, 4) is 0 Å². The average molecular weight is 565 g/mol. The molecule has 1 unspecified atom stereocenters. The fourth-order valence-corrected chi connectivity index (χ4v) is 5.68. The van der Waals surface area contributed by atoms with Crippen LogP contribution in [0.5, 0.6) is 0 Å². The molecule has 222 valence electrons. The first-order valence-electron chi connectivity index (χ1n) is 13.9. The minimum absolute atomic E-state index is 0.127. The SMILES string of the molecule is CN[C@@H](C)C(=O)N[C@H](C(=O)N1CCC[C@H]1Cc1cn(C2O[C@H](CO)[C@H](O)[C@H](O)[C@H]2O)c2cc(F)ccc12)C(C)C. The molecule has 2 aromatic rings. The van der Waals surface area contributed by atoms with E-state index in [4.69, 9.17) is 4.74 Å². The van der Waals surface area contributed by atoms with Gasteiger partial charge < -0.3 is 45.3 Å². The summed E-state index contributed by atoms with van der Waals surface area (Å²) in [4.78, 5) is 28.0. The first-order chi connectivity index (χ1) is 19.0. The van der Waals surface area contributed by atoms with Crippen LogP contribution in [0.25, 0.3) is 10.9 Å². The largest absolute Gasteiger partial charge is 0.394 e. The summed E-state index contributed by atoms with van der Waals surface area (Å²) >= 11 is 0. The number of likely N-dealkylation sites (tertiary alicyclic amines) is 1. The topological polar surface area (TPSA) is 157 Å². The van der Waals surface area contributed by atoms with Gasteiger partial charge in [-0.15, -0.1) is 0 Å².